The molecule has 2 heterocycles. The first-order valence-corrected chi connectivity index (χ1v) is 20.5. The molecular weight excluding hydrogens is 803 g/mol. The van der Waals surface area contributed by atoms with Gasteiger partial charge >= 0.3 is 23.9 Å². The van der Waals surface area contributed by atoms with Crippen LogP contribution in [0.25, 0.3) is 0 Å². The van der Waals surface area contributed by atoms with Crippen molar-refractivity contribution in [2.24, 2.45) is 22.7 Å². The Bertz CT molecular complexity index is 2060. The van der Waals surface area contributed by atoms with E-state index in [1.54, 1.807) is 52.8 Å². The van der Waals surface area contributed by atoms with E-state index in [9.17, 15) is 39.3 Å². The molecule has 1 aromatic heterocycles. The smallest absolute Gasteiger partial charge is 0.338 e. The third kappa shape index (κ3) is 7.67. The standard InChI is InChI=1S/C43H53NO15S/c1-21-27(57-37(51)31(48)30(26-16-13-17-54-26)44-38(52)60-39(4,5)6)19-42(53)35(58-36(50)24-14-11-10-12-15-24)33-41(9,28(47)18-25-20-55-43(25,33)59-23(3)46)34(49)32(56-22(2)45)29(21)40(42,7)8/h10-17,25,27-28,30-33,35,47-48,53H,18-20H2,1-9H3,(H,44,52)/t25-,27-,28-,30-,31+,32+,33-,35-,41+,42+,43-/m0/s1. The molecule has 1 aliphatic heterocycles. The van der Waals surface area contributed by atoms with Crippen molar-refractivity contribution in [2.45, 2.75) is 128 Å². The van der Waals surface area contributed by atoms with Gasteiger partial charge in [-0.25, -0.2) is 9.59 Å². The molecule has 11 atom stereocenters. The van der Waals surface area contributed by atoms with E-state index in [0.29, 0.717) is 0 Å². The molecule has 3 aliphatic carbocycles. The average molecular weight is 856 g/mol. The molecular formula is C43H53NO15S. The van der Waals surface area contributed by atoms with Crippen LogP contribution in [-0.4, -0.2) is 103 Å². The zero-order valence-electron chi connectivity index (χ0n) is 35.0. The molecule has 3 fully saturated rings. The van der Waals surface area contributed by atoms with Crippen LogP contribution in [0.5, 0.6) is 0 Å². The van der Waals surface area contributed by atoms with E-state index < -0.39 is 117 Å². The summed E-state index contributed by atoms with van der Waals surface area (Å²) in [6.07, 6.45) is -8.21. The number of ketones is 1. The summed E-state index contributed by atoms with van der Waals surface area (Å²) in [5.41, 5.74) is -6.01. The first-order valence-electron chi connectivity index (χ1n) is 19.7. The third-order valence-electron chi connectivity index (χ3n) is 12.5. The van der Waals surface area contributed by atoms with Gasteiger partial charge in [0.2, 0.25) is 5.79 Å². The summed E-state index contributed by atoms with van der Waals surface area (Å²) < 4.78 is 35.2. The Hall–Kier alpha value is -4.55. The van der Waals surface area contributed by atoms with Crippen molar-refractivity contribution in [3.05, 3.63) is 71.2 Å². The number of carbonyl (C=O) groups is 6. The van der Waals surface area contributed by atoms with E-state index in [4.69, 9.17) is 28.1 Å². The maximum Gasteiger partial charge on any atom is 0.338 e. The van der Waals surface area contributed by atoms with E-state index in [2.05, 4.69) is 5.32 Å². The van der Waals surface area contributed by atoms with Gasteiger partial charge in [0.05, 0.1) is 41.8 Å². The number of furan rings is 1. The van der Waals surface area contributed by atoms with Gasteiger partial charge < -0.3 is 48.7 Å². The molecule has 1 amide bonds. The molecule has 17 heteroatoms. The van der Waals surface area contributed by atoms with Gasteiger partial charge in [0.1, 0.15) is 29.6 Å². The Balaban J connectivity index is 1.54. The zero-order chi connectivity index (χ0) is 44.3. The number of hydrogen-bond donors (Lipinski definition) is 4. The predicted molar refractivity (Wildman–Crippen MR) is 212 cm³/mol. The van der Waals surface area contributed by atoms with Gasteiger partial charge in [0, 0.05) is 30.4 Å². The Morgan fingerprint density at radius 1 is 0.967 bits per heavy atom. The number of hydrogen-bond acceptors (Lipinski definition) is 16. The topological polar surface area (TPSA) is 234 Å². The molecule has 1 saturated heterocycles. The molecule has 1 aromatic carbocycles. The van der Waals surface area contributed by atoms with Crippen LogP contribution in [0, 0.1) is 22.7 Å². The molecule has 4 N–H and O–H groups in total. The Labute approximate surface area is 351 Å². The number of esters is 4. The number of aliphatic hydroxyl groups is 3. The van der Waals surface area contributed by atoms with Gasteiger partial charge in [-0.05, 0) is 55.7 Å². The van der Waals surface area contributed by atoms with Gasteiger partial charge in [-0.3, -0.25) is 19.2 Å². The molecule has 0 spiro atoms. The SMILES string of the molecule is CC(=O)O[C@H]1C(=O)[C@@]2(C)[C@H]([C@H](OC(=O)c3ccccc3)[C@]3(O)C[C@H](OC(=O)[C@H](O)[C@@H](NC(=O)SC(C)(C)C)c4ccco4)C(C)=C1C3(C)C)[C@]1(OC(C)=O)OC[C@@H]1C[C@@H]2O. The third-order valence-corrected chi connectivity index (χ3v) is 13.4. The maximum absolute atomic E-state index is 15.4. The lowest BCUT2D eigenvalue weighted by atomic mass is 9.45. The highest BCUT2D eigenvalue weighted by atomic mass is 32.2. The van der Waals surface area contributed by atoms with Crippen molar-refractivity contribution in [2.75, 3.05) is 6.61 Å². The number of carbonyl (C=O) groups excluding carboxylic acids is 6. The number of rotatable bonds is 9. The Kier molecular flexibility index (Phi) is 12.0. The molecule has 326 valence electrons. The van der Waals surface area contributed by atoms with Crippen LogP contribution >= 0.6 is 11.8 Å². The predicted octanol–water partition coefficient (Wildman–Crippen LogP) is 4.35. The fourth-order valence-corrected chi connectivity index (χ4v) is 10.2. The number of ether oxygens (including phenoxy) is 5. The van der Waals surface area contributed by atoms with Gasteiger partial charge in [-0.2, -0.15) is 0 Å². The Morgan fingerprint density at radius 3 is 2.18 bits per heavy atom. The van der Waals surface area contributed by atoms with Crippen LogP contribution in [0.2, 0.25) is 0 Å². The second-order valence-electron chi connectivity index (χ2n) is 17.7. The van der Waals surface area contributed by atoms with Crippen LogP contribution in [0.4, 0.5) is 4.79 Å². The first kappa shape index (κ1) is 45.0. The molecule has 0 unspecified atom stereocenters. The number of nitrogens with one attached hydrogen (secondary N) is 1. The Morgan fingerprint density at radius 2 is 1.63 bits per heavy atom. The summed E-state index contributed by atoms with van der Waals surface area (Å²) >= 11 is 0.918. The monoisotopic (exact) mass is 855 g/mol. The van der Waals surface area contributed by atoms with Crippen molar-refractivity contribution < 1.29 is 72.2 Å². The van der Waals surface area contributed by atoms with Gasteiger partial charge in [-0.15, -0.1) is 0 Å². The van der Waals surface area contributed by atoms with E-state index in [-0.39, 0.29) is 35.5 Å². The quantitative estimate of drug-likeness (QED) is 0.156. The normalized spacial score (nSPS) is 33.0. The summed E-state index contributed by atoms with van der Waals surface area (Å²) in [4.78, 5) is 82.7. The summed E-state index contributed by atoms with van der Waals surface area (Å²) in [7, 11) is 0. The molecule has 0 radical (unpaired) electrons. The summed E-state index contributed by atoms with van der Waals surface area (Å²) in [6, 6.07) is 9.31. The largest absolute Gasteiger partial charge is 0.467 e. The highest BCUT2D eigenvalue weighted by molar-refractivity contribution is 8.14. The van der Waals surface area contributed by atoms with Crippen LogP contribution in [0.1, 0.15) is 97.3 Å². The molecule has 2 aromatic rings. The lowest BCUT2D eigenvalue weighted by Gasteiger charge is -2.67. The number of benzene rings is 1. The summed E-state index contributed by atoms with van der Waals surface area (Å²) in [5.74, 6) is -9.25. The molecule has 4 aliphatic rings. The number of aliphatic hydroxyl groups excluding tert-OH is 2. The molecule has 2 bridgehead atoms. The highest BCUT2D eigenvalue weighted by Gasteiger charge is 2.78. The van der Waals surface area contributed by atoms with Gasteiger partial charge in [0.15, 0.2) is 18.0 Å². The highest BCUT2D eigenvalue weighted by Crippen LogP contribution is 2.65. The minimum atomic E-state index is -2.42. The summed E-state index contributed by atoms with van der Waals surface area (Å²) in [5, 5.41) is 39.3. The van der Waals surface area contributed by atoms with E-state index in [1.165, 1.54) is 44.4 Å². The van der Waals surface area contributed by atoms with E-state index in [0.717, 1.165) is 25.6 Å². The second kappa shape index (κ2) is 16.0. The van der Waals surface area contributed by atoms with Crippen molar-refractivity contribution in [3.63, 3.8) is 0 Å². The van der Waals surface area contributed by atoms with Crippen LogP contribution in [0.3, 0.4) is 0 Å². The van der Waals surface area contributed by atoms with Crippen LogP contribution < -0.4 is 5.32 Å². The number of fused-ring (bicyclic) bond motifs is 5. The number of Topliss-reactive ketones (excluding diaryl/α,β-unsaturated/α-hetero) is 1. The number of thioether (sulfide) groups is 1. The van der Waals surface area contributed by atoms with Crippen molar-refractivity contribution in [1.29, 1.82) is 0 Å². The minimum absolute atomic E-state index is 0.0213. The average Bonchev–Trinajstić information content (AvgIpc) is 3.69. The van der Waals surface area contributed by atoms with Crippen LogP contribution in [0.15, 0.2) is 64.3 Å². The van der Waals surface area contributed by atoms with Crippen LogP contribution in [-0.2, 0) is 42.9 Å². The fourth-order valence-electron chi connectivity index (χ4n) is 9.50. The van der Waals surface area contributed by atoms with Gasteiger partial charge in [-0.1, -0.05) is 64.6 Å². The molecule has 2 saturated carbocycles. The molecule has 16 nitrogen and oxygen atoms in total. The van der Waals surface area contributed by atoms with Gasteiger partial charge in [0.25, 0.3) is 5.24 Å². The lowest BCUT2D eigenvalue weighted by molar-refractivity contribution is -0.410. The van der Waals surface area contributed by atoms with Crippen molar-refractivity contribution >= 4 is 46.7 Å². The van der Waals surface area contributed by atoms with Crippen molar-refractivity contribution in [1.82, 2.24) is 5.32 Å². The summed E-state index contributed by atoms with van der Waals surface area (Å²) in [6.45, 7) is 13.5. The first-order chi connectivity index (χ1) is 27.9. The minimum Gasteiger partial charge on any atom is -0.467 e. The van der Waals surface area contributed by atoms with Crippen molar-refractivity contribution in [3.8, 4) is 0 Å². The zero-order valence-corrected chi connectivity index (χ0v) is 35.8. The maximum atomic E-state index is 15.4. The fraction of sp³-hybridized carbons (Fsp3) is 0.581. The molecule has 6 rings (SSSR count). The second-order valence-corrected chi connectivity index (χ2v) is 19.5. The number of amides is 1. The van der Waals surface area contributed by atoms with E-state index in [1.807, 2.05) is 0 Å². The lowest BCUT2D eigenvalue weighted by Crippen LogP contribution is -2.80. The molecule has 60 heavy (non-hydrogen) atoms. The van der Waals surface area contributed by atoms with E-state index >= 15 is 4.79 Å².